The molecule has 1 N–H and O–H groups in total. The second-order valence-corrected chi connectivity index (χ2v) is 5.60. The molecule has 0 aliphatic carbocycles. The highest BCUT2D eigenvalue weighted by Crippen LogP contribution is 2.22. The topological polar surface area (TPSA) is 40.5 Å². The average molecular weight is 273 g/mol. The van der Waals surface area contributed by atoms with Crippen LogP contribution in [0.3, 0.4) is 0 Å². The maximum absolute atomic E-state index is 10.5. The van der Waals surface area contributed by atoms with Crippen LogP contribution in [0.2, 0.25) is 0 Å². The summed E-state index contributed by atoms with van der Waals surface area (Å²) >= 11 is 0. The Morgan fingerprint density at radius 2 is 2.35 bits per heavy atom. The van der Waals surface area contributed by atoms with Gasteiger partial charge in [0.2, 0.25) is 0 Å². The molecule has 2 rings (SSSR count). The summed E-state index contributed by atoms with van der Waals surface area (Å²) in [6.45, 7) is 5.60. The van der Waals surface area contributed by atoms with Crippen molar-refractivity contribution >= 4 is 12.0 Å². The number of likely N-dealkylation sites (tertiary alicyclic amines) is 1. The number of aliphatic carboxylic acids is 1. The third-order valence-corrected chi connectivity index (χ3v) is 3.84. The van der Waals surface area contributed by atoms with Gasteiger partial charge in [-0.15, -0.1) is 0 Å². The van der Waals surface area contributed by atoms with Gasteiger partial charge in [0.1, 0.15) is 0 Å². The van der Waals surface area contributed by atoms with Gasteiger partial charge in [-0.3, -0.25) is 4.90 Å². The first-order valence-corrected chi connectivity index (χ1v) is 7.39. The summed E-state index contributed by atoms with van der Waals surface area (Å²) < 4.78 is 0. The van der Waals surface area contributed by atoms with Gasteiger partial charge in [0.15, 0.2) is 0 Å². The minimum absolute atomic E-state index is 0.857. The number of nitrogens with zero attached hydrogens (tertiary/aromatic N) is 1. The first-order valence-electron chi connectivity index (χ1n) is 7.39. The quantitative estimate of drug-likeness (QED) is 0.807. The van der Waals surface area contributed by atoms with Crippen LogP contribution < -0.4 is 0 Å². The lowest BCUT2D eigenvalue weighted by atomic mass is 10.0. The molecule has 1 heterocycles. The third kappa shape index (κ3) is 4.49. The molecule has 0 bridgehead atoms. The molecule has 20 heavy (non-hydrogen) atoms. The Hall–Kier alpha value is -1.61. The minimum Gasteiger partial charge on any atom is -0.478 e. The van der Waals surface area contributed by atoms with Crippen molar-refractivity contribution in [2.75, 3.05) is 13.1 Å². The summed E-state index contributed by atoms with van der Waals surface area (Å²) in [6, 6.07) is 8.13. The number of carboxylic acid groups (broad SMARTS) is 1. The van der Waals surface area contributed by atoms with Crippen molar-refractivity contribution in [3.63, 3.8) is 0 Å². The molecular weight excluding hydrogens is 250 g/mol. The summed E-state index contributed by atoms with van der Waals surface area (Å²) in [5, 5.41) is 8.66. The van der Waals surface area contributed by atoms with Gasteiger partial charge < -0.3 is 5.11 Å². The highest BCUT2D eigenvalue weighted by atomic mass is 16.4. The van der Waals surface area contributed by atoms with Crippen molar-refractivity contribution in [2.24, 2.45) is 5.92 Å². The lowest BCUT2D eigenvalue weighted by Gasteiger charge is -2.16. The molecule has 0 amide bonds. The van der Waals surface area contributed by atoms with Crippen LogP contribution in [0.15, 0.2) is 30.3 Å². The van der Waals surface area contributed by atoms with Crippen LogP contribution in [-0.2, 0) is 11.3 Å². The predicted molar refractivity (Wildman–Crippen MR) is 81.4 cm³/mol. The molecule has 0 spiro atoms. The molecule has 0 aromatic heterocycles. The van der Waals surface area contributed by atoms with E-state index in [2.05, 4.69) is 24.0 Å². The molecule has 1 unspecified atom stereocenters. The maximum atomic E-state index is 10.5. The average Bonchev–Trinajstić information content (AvgIpc) is 2.85. The highest BCUT2D eigenvalue weighted by molar-refractivity contribution is 5.85. The van der Waals surface area contributed by atoms with Crippen molar-refractivity contribution in [3.8, 4) is 0 Å². The fourth-order valence-corrected chi connectivity index (χ4v) is 2.92. The highest BCUT2D eigenvalue weighted by Gasteiger charge is 2.21. The molecule has 1 saturated heterocycles. The zero-order valence-corrected chi connectivity index (χ0v) is 12.1. The number of hydrogen-bond donors (Lipinski definition) is 1. The van der Waals surface area contributed by atoms with Crippen molar-refractivity contribution in [1.29, 1.82) is 0 Å². The number of rotatable bonds is 6. The smallest absolute Gasteiger partial charge is 0.328 e. The summed E-state index contributed by atoms with van der Waals surface area (Å²) in [6.07, 6.45) is 6.75. The Bertz CT molecular complexity index is 482. The lowest BCUT2D eigenvalue weighted by molar-refractivity contribution is -0.131. The van der Waals surface area contributed by atoms with Crippen LogP contribution in [-0.4, -0.2) is 29.1 Å². The van der Waals surface area contributed by atoms with E-state index in [9.17, 15) is 4.79 Å². The standard InChI is InChI=1S/C17H23NO2/c1-2-4-15-9-10-18(12-15)13-16-6-3-5-14(11-16)7-8-17(19)20/h3,5-8,11,15H,2,4,9-10,12-13H2,1H3,(H,19,20)/b8-7+. The van der Waals surface area contributed by atoms with E-state index in [1.807, 2.05) is 12.1 Å². The molecule has 108 valence electrons. The fraction of sp³-hybridized carbons (Fsp3) is 0.471. The van der Waals surface area contributed by atoms with Crippen molar-refractivity contribution < 1.29 is 9.90 Å². The summed E-state index contributed by atoms with van der Waals surface area (Å²) in [5.74, 6) is -0.0487. The summed E-state index contributed by atoms with van der Waals surface area (Å²) in [5.41, 5.74) is 2.21. The second-order valence-electron chi connectivity index (χ2n) is 5.60. The lowest BCUT2D eigenvalue weighted by Crippen LogP contribution is -2.20. The Morgan fingerprint density at radius 1 is 1.50 bits per heavy atom. The third-order valence-electron chi connectivity index (χ3n) is 3.84. The molecular formula is C17H23NO2. The van der Waals surface area contributed by atoms with E-state index >= 15 is 0 Å². The largest absolute Gasteiger partial charge is 0.478 e. The van der Waals surface area contributed by atoms with E-state index in [4.69, 9.17) is 5.11 Å². The van der Waals surface area contributed by atoms with Crippen LogP contribution in [0.1, 0.15) is 37.3 Å². The normalized spacial score (nSPS) is 19.8. The van der Waals surface area contributed by atoms with Gasteiger partial charge in [0.05, 0.1) is 0 Å². The molecule has 3 nitrogen and oxygen atoms in total. The Kier molecular flexibility index (Phi) is 5.36. The van der Waals surface area contributed by atoms with E-state index in [1.165, 1.54) is 44.0 Å². The van der Waals surface area contributed by atoms with Crippen LogP contribution in [0.25, 0.3) is 6.08 Å². The van der Waals surface area contributed by atoms with Crippen LogP contribution in [0.4, 0.5) is 0 Å². The molecule has 1 aromatic rings. The number of carboxylic acids is 1. The van der Waals surface area contributed by atoms with E-state index < -0.39 is 5.97 Å². The Morgan fingerprint density at radius 3 is 3.10 bits per heavy atom. The van der Waals surface area contributed by atoms with Gasteiger partial charge in [0, 0.05) is 19.2 Å². The first-order chi connectivity index (χ1) is 9.67. The van der Waals surface area contributed by atoms with E-state index in [0.29, 0.717) is 0 Å². The van der Waals surface area contributed by atoms with Crippen LogP contribution in [0.5, 0.6) is 0 Å². The van der Waals surface area contributed by atoms with Gasteiger partial charge in [-0.2, -0.15) is 0 Å². The van der Waals surface area contributed by atoms with Gasteiger partial charge in [-0.1, -0.05) is 37.6 Å². The monoisotopic (exact) mass is 273 g/mol. The molecule has 1 fully saturated rings. The van der Waals surface area contributed by atoms with Gasteiger partial charge >= 0.3 is 5.97 Å². The van der Waals surface area contributed by atoms with Gasteiger partial charge in [-0.25, -0.2) is 4.79 Å². The minimum atomic E-state index is -0.905. The zero-order valence-electron chi connectivity index (χ0n) is 12.1. The molecule has 0 saturated carbocycles. The number of carbonyl (C=O) groups is 1. The first kappa shape index (κ1) is 14.8. The molecule has 3 heteroatoms. The van der Waals surface area contributed by atoms with Crippen molar-refractivity contribution in [3.05, 3.63) is 41.5 Å². The van der Waals surface area contributed by atoms with Crippen LogP contribution in [0, 0.1) is 5.92 Å². The van der Waals surface area contributed by atoms with Crippen molar-refractivity contribution in [1.82, 2.24) is 4.90 Å². The van der Waals surface area contributed by atoms with Crippen molar-refractivity contribution in [2.45, 2.75) is 32.7 Å². The molecule has 1 aliphatic heterocycles. The second kappa shape index (κ2) is 7.25. The molecule has 0 radical (unpaired) electrons. The molecule has 1 aromatic carbocycles. The van der Waals surface area contributed by atoms with E-state index in [0.717, 1.165) is 18.0 Å². The number of hydrogen-bond acceptors (Lipinski definition) is 2. The molecule has 1 atom stereocenters. The van der Waals surface area contributed by atoms with E-state index in [-0.39, 0.29) is 0 Å². The van der Waals surface area contributed by atoms with Gasteiger partial charge in [-0.05, 0) is 42.5 Å². The van der Waals surface area contributed by atoms with Gasteiger partial charge in [0.25, 0.3) is 0 Å². The number of benzene rings is 1. The summed E-state index contributed by atoms with van der Waals surface area (Å²) in [7, 11) is 0. The van der Waals surface area contributed by atoms with Crippen LogP contribution >= 0.6 is 0 Å². The fourth-order valence-electron chi connectivity index (χ4n) is 2.92. The Labute approximate surface area is 120 Å². The maximum Gasteiger partial charge on any atom is 0.328 e. The zero-order chi connectivity index (χ0) is 14.4. The van der Waals surface area contributed by atoms with E-state index in [1.54, 1.807) is 6.08 Å². The molecule has 1 aliphatic rings. The Balaban J connectivity index is 1.93. The predicted octanol–water partition coefficient (Wildman–Crippen LogP) is 3.41. The summed E-state index contributed by atoms with van der Waals surface area (Å²) in [4.78, 5) is 13.0. The SMILES string of the molecule is CCCC1CCN(Cc2cccc(/C=C/C(=O)O)c2)C1.